The van der Waals surface area contributed by atoms with Crippen molar-refractivity contribution >= 4 is 0 Å². The fourth-order valence-electron chi connectivity index (χ4n) is 3.22. The third-order valence-corrected chi connectivity index (χ3v) is 4.69. The van der Waals surface area contributed by atoms with Gasteiger partial charge in [0.05, 0.1) is 13.1 Å². The minimum atomic E-state index is 0.736. The first-order valence-corrected chi connectivity index (χ1v) is 8.21. The van der Waals surface area contributed by atoms with Gasteiger partial charge in [0.1, 0.15) is 11.5 Å². The van der Waals surface area contributed by atoms with E-state index in [9.17, 15) is 0 Å². The van der Waals surface area contributed by atoms with Crippen molar-refractivity contribution in [1.82, 2.24) is 10.2 Å². The predicted octanol–water partition coefficient (Wildman–Crippen LogP) is 3.79. The molecule has 0 unspecified atom stereocenters. The largest absolute Gasteiger partial charge is 0.463 e. The Hall–Kier alpha value is -0.800. The summed E-state index contributed by atoms with van der Waals surface area (Å²) in [5, 5.41) is 3.30. The fraction of sp³-hybridized carbons (Fsp3) is 0.765. The quantitative estimate of drug-likeness (QED) is 0.822. The average molecular weight is 278 g/mol. The number of nitrogens with zero attached hydrogens (tertiary/aromatic N) is 1. The summed E-state index contributed by atoms with van der Waals surface area (Å²) in [5.74, 6) is 3.11. The molecular weight excluding hydrogens is 248 g/mol. The first-order valence-electron chi connectivity index (χ1n) is 8.21. The van der Waals surface area contributed by atoms with E-state index in [2.05, 4.69) is 43.2 Å². The highest BCUT2D eigenvalue weighted by Crippen LogP contribution is 2.29. The minimum Gasteiger partial charge on any atom is -0.463 e. The molecule has 1 saturated carbocycles. The molecule has 0 spiro atoms. The molecule has 1 aromatic heterocycles. The number of rotatable bonds is 7. The van der Waals surface area contributed by atoms with Crippen LogP contribution in [0.4, 0.5) is 0 Å². The van der Waals surface area contributed by atoms with Gasteiger partial charge in [-0.1, -0.05) is 20.3 Å². The van der Waals surface area contributed by atoms with Gasteiger partial charge in [-0.15, -0.1) is 0 Å². The summed E-state index contributed by atoms with van der Waals surface area (Å²) in [6, 6.07) is 4.96. The molecule has 1 N–H and O–H groups in total. The lowest BCUT2D eigenvalue weighted by Crippen LogP contribution is -2.34. The standard InChI is InChI=1S/C17H30N2O/c1-4-14-6-8-15(9-7-14)19(3)13-17-11-10-16(20-17)12-18-5-2/h10-11,14-15,18H,4-9,12-13H2,1-3H3. The lowest BCUT2D eigenvalue weighted by atomic mass is 9.84. The molecule has 0 aromatic carbocycles. The third kappa shape index (κ3) is 4.35. The second kappa shape index (κ2) is 7.84. The van der Waals surface area contributed by atoms with Gasteiger partial charge in [0.25, 0.3) is 0 Å². The Balaban J connectivity index is 1.79. The van der Waals surface area contributed by atoms with Gasteiger partial charge in [0, 0.05) is 6.04 Å². The summed E-state index contributed by atoms with van der Waals surface area (Å²) in [4.78, 5) is 2.47. The fourth-order valence-corrected chi connectivity index (χ4v) is 3.22. The highest BCUT2D eigenvalue weighted by Gasteiger charge is 2.23. The molecule has 0 atom stereocenters. The molecule has 3 heteroatoms. The van der Waals surface area contributed by atoms with Gasteiger partial charge in [-0.05, 0) is 57.3 Å². The molecule has 1 aromatic rings. The number of furan rings is 1. The van der Waals surface area contributed by atoms with Crippen LogP contribution in [0.1, 0.15) is 57.5 Å². The van der Waals surface area contributed by atoms with Crippen molar-refractivity contribution in [2.75, 3.05) is 13.6 Å². The van der Waals surface area contributed by atoms with E-state index in [1.165, 1.54) is 32.1 Å². The van der Waals surface area contributed by atoms with Crippen LogP contribution in [0.2, 0.25) is 0 Å². The predicted molar refractivity (Wildman–Crippen MR) is 83.6 cm³/mol. The van der Waals surface area contributed by atoms with Crippen molar-refractivity contribution in [2.24, 2.45) is 5.92 Å². The summed E-state index contributed by atoms with van der Waals surface area (Å²) >= 11 is 0. The normalized spacial score (nSPS) is 23.4. The maximum Gasteiger partial charge on any atom is 0.118 e. The van der Waals surface area contributed by atoms with Crippen LogP contribution >= 0.6 is 0 Å². The molecule has 1 aliphatic rings. The Morgan fingerprint density at radius 2 is 1.85 bits per heavy atom. The molecule has 1 aliphatic carbocycles. The van der Waals surface area contributed by atoms with Crippen molar-refractivity contribution in [3.63, 3.8) is 0 Å². The van der Waals surface area contributed by atoms with Gasteiger partial charge in [-0.3, -0.25) is 4.90 Å². The zero-order valence-electron chi connectivity index (χ0n) is 13.3. The van der Waals surface area contributed by atoms with Gasteiger partial charge < -0.3 is 9.73 Å². The molecule has 114 valence electrons. The molecule has 0 aliphatic heterocycles. The Bertz CT molecular complexity index is 380. The van der Waals surface area contributed by atoms with Crippen molar-refractivity contribution in [1.29, 1.82) is 0 Å². The molecule has 0 saturated heterocycles. The first-order chi connectivity index (χ1) is 9.72. The van der Waals surface area contributed by atoms with Crippen LogP contribution in [-0.4, -0.2) is 24.5 Å². The van der Waals surface area contributed by atoms with Crippen molar-refractivity contribution in [2.45, 2.75) is 65.1 Å². The molecule has 0 bridgehead atoms. The summed E-state index contributed by atoms with van der Waals surface area (Å²) in [6.07, 6.45) is 6.84. The maximum atomic E-state index is 5.89. The molecule has 2 rings (SSSR count). The Kier molecular flexibility index (Phi) is 6.11. The lowest BCUT2D eigenvalue weighted by molar-refractivity contribution is 0.148. The second-order valence-corrected chi connectivity index (χ2v) is 6.15. The zero-order valence-corrected chi connectivity index (χ0v) is 13.3. The van der Waals surface area contributed by atoms with Crippen LogP contribution in [0.3, 0.4) is 0 Å². The van der Waals surface area contributed by atoms with Crippen LogP contribution in [0.25, 0.3) is 0 Å². The van der Waals surface area contributed by atoms with Crippen molar-refractivity contribution in [3.05, 3.63) is 23.7 Å². The smallest absolute Gasteiger partial charge is 0.118 e. The summed E-state index contributed by atoms with van der Waals surface area (Å²) in [5.41, 5.74) is 0. The van der Waals surface area contributed by atoms with Crippen LogP contribution < -0.4 is 5.32 Å². The van der Waals surface area contributed by atoms with Gasteiger partial charge >= 0.3 is 0 Å². The SMILES string of the molecule is CCNCc1ccc(CN(C)C2CCC(CC)CC2)o1. The average Bonchev–Trinajstić information content (AvgIpc) is 2.92. The summed E-state index contributed by atoms with van der Waals surface area (Å²) in [7, 11) is 2.24. The molecule has 3 nitrogen and oxygen atoms in total. The topological polar surface area (TPSA) is 28.4 Å². The Labute approximate surface area is 123 Å². The van der Waals surface area contributed by atoms with Crippen LogP contribution in [0.5, 0.6) is 0 Å². The van der Waals surface area contributed by atoms with Gasteiger partial charge in [0.2, 0.25) is 0 Å². The molecule has 0 amide bonds. The van der Waals surface area contributed by atoms with E-state index in [1.807, 2.05) is 0 Å². The van der Waals surface area contributed by atoms with Crippen LogP contribution in [0, 0.1) is 5.92 Å². The number of nitrogens with one attached hydrogen (secondary N) is 1. The molecule has 1 heterocycles. The van der Waals surface area contributed by atoms with Gasteiger partial charge in [0.15, 0.2) is 0 Å². The molecule has 20 heavy (non-hydrogen) atoms. The van der Waals surface area contributed by atoms with E-state index in [4.69, 9.17) is 4.42 Å². The van der Waals surface area contributed by atoms with Gasteiger partial charge in [-0.2, -0.15) is 0 Å². The summed E-state index contributed by atoms with van der Waals surface area (Å²) < 4.78 is 5.89. The highest BCUT2D eigenvalue weighted by molar-refractivity contribution is 5.07. The Morgan fingerprint density at radius 1 is 1.15 bits per heavy atom. The monoisotopic (exact) mass is 278 g/mol. The van der Waals surface area contributed by atoms with Crippen molar-refractivity contribution < 1.29 is 4.42 Å². The molecular formula is C17H30N2O. The Morgan fingerprint density at radius 3 is 2.50 bits per heavy atom. The number of hydrogen-bond donors (Lipinski definition) is 1. The van der Waals surface area contributed by atoms with E-state index in [0.29, 0.717) is 0 Å². The minimum absolute atomic E-state index is 0.736. The van der Waals surface area contributed by atoms with E-state index in [-0.39, 0.29) is 0 Å². The highest BCUT2D eigenvalue weighted by atomic mass is 16.3. The van der Waals surface area contributed by atoms with Crippen molar-refractivity contribution in [3.8, 4) is 0 Å². The number of hydrogen-bond acceptors (Lipinski definition) is 3. The maximum absolute atomic E-state index is 5.89. The van der Waals surface area contributed by atoms with E-state index < -0.39 is 0 Å². The van der Waals surface area contributed by atoms with E-state index in [1.54, 1.807) is 0 Å². The molecule has 0 radical (unpaired) electrons. The van der Waals surface area contributed by atoms with Gasteiger partial charge in [-0.25, -0.2) is 0 Å². The van der Waals surface area contributed by atoms with Crippen LogP contribution in [0.15, 0.2) is 16.5 Å². The van der Waals surface area contributed by atoms with E-state index >= 15 is 0 Å². The zero-order chi connectivity index (χ0) is 14.4. The van der Waals surface area contributed by atoms with E-state index in [0.717, 1.165) is 43.1 Å². The van der Waals surface area contributed by atoms with Crippen LogP contribution in [-0.2, 0) is 13.1 Å². The second-order valence-electron chi connectivity index (χ2n) is 6.15. The lowest BCUT2D eigenvalue weighted by Gasteiger charge is -2.34. The third-order valence-electron chi connectivity index (χ3n) is 4.69. The molecule has 1 fully saturated rings. The summed E-state index contributed by atoms with van der Waals surface area (Å²) in [6.45, 7) is 7.19. The first kappa shape index (κ1) is 15.6.